The molecule has 0 aliphatic carbocycles. The van der Waals surface area contributed by atoms with Crippen LogP contribution in [-0.4, -0.2) is 23.6 Å². The van der Waals surface area contributed by atoms with Crippen molar-refractivity contribution in [1.82, 2.24) is 10.6 Å². The van der Waals surface area contributed by atoms with Crippen LogP contribution in [0.2, 0.25) is 0 Å². The number of imide groups is 2. The number of amides is 4. The zero-order valence-corrected chi connectivity index (χ0v) is 7.20. The highest BCUT2D eigenvalue weighted by molar-refractivity contribution is 6.12. The van der Waals surface area contributed by atoms with Gasteiger partial charge in [0.05, 0.1) is 0 Å². The molecule has 2 N–H and O–H groups in total. The lowest BCUT2D eigenvalue weighted by molar-refractivity contribution is -0.125. The first kappa shape index (κ1) is 10.1. The van der Waals surface area contributed by atoms with Gasteiger partial charge in [-0.3, -0.25) is 29.8 Å². The Morgan fingerprint density at radius 1 is 0.786 bits per heavy atom. The fourth-order valence-corrected chi connectivity index (χ4v) is 0.864. The Labute approximate surface area is 79.3 Å². The van der Waals surface area contributed by atoms with Gasteiger partial charge in [0.25, 0.3) is 11.8 Å². The Balaban J connectivity index is 0.000000140. The average Bonchev–Trinajstić information content (AvgIpc) is 2.63. The Hall–Kier alpha value is -1.98. The van der Waals surface area contributed by atoms with E-state index in [-0.39, 0.29) is 23.6 Å². The average molecular weight is 196 g/mol. The maximum absolute atomic E-state index is 10.1. The van der Waals surface area contributed by atoms with Crippen molar-refractivity contribution in [3.63, 3.8) is 0 Å². The highest BCUT2D eigenvalue weighted by Crippen LogP contribution is 1.95. The molecule has 2 rings (SSSR count). The molecule has 0 aromatic rings. The van der Waals surface area contributed by atoms with Crippen LogP contribution in [0.3, 0.4) is 0 Å². The van der Waals surface area contributed by atoms with Gasteiger partial charge in [0.1, 0.15) is 0 Å². The van der Waals surface area contributed by atoms with Crippen molar-refractivity contribution in [3.8, 4) is 0 Å². The summed E-state index contributed by atoms with van der Waals surface area (Å²) in [5.74, 6) is -0.954. The molecule has 74 valence electrons. The topological polar surface area (TPSA) is 92.3 Å². The summed E-state index contributed by atoms with van der Waals surface area (Å²) in [5, 5.41) is 4.17. The largest absolute Gasteiger partial charge is 0.296 e. The highest BCUT2D eigenvalue weighted by Gasteiger charge is 2.15. The van der Waals surface area contributed by atoms with Gasteiger partial charge in [-0.05, 0) is 0 Å². The van der Waals surface area contributed by atoms with E-state index in [1.54, 1.807) is 0 Å². The lowest BCUT2D eigenvalue weighted by Crippen LogP contribution is -2.19. The number of rotatable bonds is 0. The number of nitrogens with one attached hydrogen (secondary N) is 2. The highest BCUT2D eigenvalue weighted by atomic mass is 16.2. The fraction of sp³-hybridized carbons (Fsp3) is 0.250. The second-order valence-corrected chi connectivity index (χ2v) is 2.66. The first-order valence-corrected chi connectivity index (χ1v) is 3.93. The molecule has 2 aliphatic heterocycles. The van der Waals surface area contributed by atoms with Crippen LogP contribution < -0.4 is 10.6 Å². The van der Waals surface area contributed by atoms with Crippen LogP contribution in [0.4, 0.5) is 0 Å². The predicted octanol–water partition coefficient (Wildman–Crippen LogP) is -1.38. The van der Waals surface area contributed by atoms with Crippen molar-refractivity contribution >= 4 is 23.6 Å². The third-order valence-corrected chi connectivity index (χ3v) is 1.49. The van der Waals surface area contributed by atoms with E-state index in [2.05, 4.69) is 5.32 Å². The molecule has 0 aromatic heterocycles. The molecule has 0 radical (unpaired) electrons. The van der Waals surface area contributed by atoms with Gasteiger partial charge < -0.3 is 0 Å². The van der Waals surface area contributed by atoms with Crippen molar-refractivity contribution in [3.05, 3.63) is 12.2 Å². The SMILES string of the molecule is O=C1C=CC(=O)N1.O=C1CCC(=O)N1. The second-order valence-electron chi connectivity index (χ2n) is 2.66. The first-order valence-electron chi connectivity index (χ1n) is 3.93. The lowest BCUT2D eigenvalue weighted by atomic mass is 10.4. The molecule has 1 fully saturated rings. The molecule has 0 atom stereocenters. The van der Waals surface area contributed by atoms with E-state index >= 15 is 0 Å². The zero-order valence-electron chi connectivity index (χ0n) is 7.20. The van der Waals surface area contributed by atoms with Gasteiger partial charge >= 0.3 is 0 Å². The van der Waals surface area contributed by atoms with E-state index in [0.717, 1.165) is 0 Å². The molecule has 0 aromatic carbocycles. The molecule has 6 nitrogen and oxygen atoms in total. The Morgan fingerprint density at radius 3 is 1.36 bits per heavy atom. The summed E-state index contributed by atoms with van der Waals surface area (Å²) in [6.45, 7) is 0. The number of hydrogen-bond donors (Lipinski definition) is 2. The Kier molecular flexibility index (Phi) is 3.11. The number of hydrogen-bond acceptors (Lipinski definition) is 4. The zero-order chi connectivity index (χ0) is 10.6. The van der Waals surface area contributed by atoms with Crippen LogP contribution in [0.25, 0.3) is 0 Å². The molecule has 6 heteroatoms. The smallest absolute Gasteiger partial charge is 0.250 e. The molecule has 0 unspecified atom stereocenters. The quantitative estimate of drug-likeness (QED) is 0.467. The van der Waals surface area contributed by atoms with Crippen LogP contribution in [0.5, 0.6) is 0 Å². The molecule has 0 bridgehead atoms. The van der Waals surface area contributed by atoms with Gasteiger partial charge in [-0.2, -0.15) is 0 Å². The lowest BCUT2D eigenvalue weighted by Gasteiger charge is -1.80. The van der Waals surface area contributed by atoms with E-state index in [1.807, 2.05) is 5.32 Å². The second kappa shape index (κ2) is 4.31. The van der Waals surface area contributed by atoms with Crippen LogP contribution in [0, 0.1) is 0 Å². The molecular weight excluding hydrogens is 188 g/mol. The minimum atomic E-state index is -0.329. The summed E-state index contributed by atoms with van der Waals surface area (Å²) in [6.07, 6.45) is 3.14. The van der Waals surface area contributed by atoms with Gasteiger partial charge in [0.15, 0.2) is 0 Å². The monoisotopic (exact) mass is 196 g/mol. The normalized spacial score (nSPS) is 18.9. The predicted molar refractivity (Wildman–Crippen MR) is 44.7 cm³/mol. The Bertz CT molecular complexity index is 302. The minimum Gasteiger partial charge on any atom is -0.296 e. The van der Waals surface area contributed by atoms with E-state index in [0.29, 0.717) is 12.8 Å². The fourth-order valence-electron chi connectivity index (χ4n) is 0.864. The van der Waals surface area contributed by atoms with Gasteiger partial charge in [0, 0.05) is 25.0 Å². The van der Waals surface area contributed by atoms with E-state index in [9.17, 15) is 19.2 Å². The van der Waals surface area contributed by atoms with Crippen molar-refractivity contribution in [2.45, 2.75) is 12.8 Å². The molecule has 1 saturated heterocycles. The number of carbonyl (C=O) groups is 4. The first-order chi connectivity index (χ1) is 6.58. The standard InChI is InChI=1S/C4H5NO2.C4H3NO2/c2*6-3-1-2-4(7)5-3/h1-2H2,(H,5,6,7);1-2H,(H,5,6,7). The van der Waals surface area contributed by atoms with Crippen molar-refractivity contribution in [2.75, 3.05) is 0 Å². The summed E-state index contributed by atoms with van der Waals surface area (Å²) in [5.41, 5.74) is 0. The number of carbonyl (C=O) groups excluding carboxylic acids is 4. The van der Waals surface area contributed by atoms with E-state index in [4.69, 9.17) is 0 Å². The van der Waals surface area contributed by atoms with Gasteiger partial charge in [-0.1, -0.05) is 0 Å². The molecule has 2 aliphatic rings. The summed E-state index contributed by atoms with van der Waals surface area (Å²) >= 11 is 0. The maximum atomic E-state index is 10.1. The molecule has 0 spiro atoms. The minimum absolute atomic E-state index is 0.148. The third kappa shape index (κ3) is 3.18. The van der Waals surface area contributed by atoms with Crippen molar-refractivity contribution in [1.29, 1.82) is 0 Å². The summed E-state index contributed by atoms with van der Waals surface area (Å²) < 4.78 is 0. The van der Waals surface area contributed by atoms with Crippen LogP contribution in [0.1, 0.15) is 12.8 Å². The van der Waals surface area contributed by atoms with E-state index < -0.39 is 0 Å². The van der Waals surface area contributed by atoms with Gasteiger partial charge in [-0.15, -0.1) is 0 Å². The third-order valence-electron chi connectivity index (χ3n) is 1.49. The van der Waals surface area contributed by atoms with Crippen LogP contribution >= 0.6 is 0 Å². The van der Waals surface area contributed by atoms with Gasteiger partial charge in [-0.25, -0.2) is 0 Å². The summed E-state index contributed by atoms with van der Waals surface area (Å²) in [4.78, 5) is 40.3. The molecule has 2 heterocycles. The molecule has 14 heavy (non-hydrogen) atoms. The molecule has 4 amide bonds. The molecular formula is C8H8N2O4. The van der Waals surface area contributed by atoms with Gasteiger partial charge in [0.2, 0.25) is 11.8 Å². The van der Waals surface area contributed by atoms with Crippen LogP contribution in [-0.2, 0) is 19.2 Å². The summed E-state index contributed by atoms with van der Waals surface area (Å²) in [6, 6.07) is 0. The van der Waals surface area contributed by atoms with E-state index in [1.165, 1.54) is 12.2 Å². The molecule has 0 saturated carbocycles. The van der Waals surface area contributed by atoms with Crippen molar-refractivity contribution < 1.29 is 19.2 Å². The Morgan fingerprint density at radius 2 is 1.21 bits per heavy atom. The van der Waals surface area contributed by atoms with Crippen molar-refractivity contribution in [2.24, 2.45) is 0 Å². The summed E-state index contributed by atoms with van der Waals surface area (Å²) in [7, 11) is 0. The van der Waals surface area contributed by atoms with Crippen LogP contribution in [0.15, 0.2) is 12.2 Å². The maximum Gasteiger partial charge on any atom is 0.250 e.